The molecule has 104 valence electrons. The first-order valence-corrected chi connectivity index (χ1v) is 8.01. The van der Waals surface area contributed by atoms with Crippen LogP contribution in [-0.4, -0.2) is 6.54 Å². The number of furan rings is 1. The molecule has 0 spiro atoms. The second-order valence-corrected chi connectivity index (χ2v) is 6.80. The molecule has 0 fully saturated rings. The summed E-state index contributed by atoms with van der Waals surface area (Å²) in [6.07, 6.45) is 0. The van der Waals surface area contributed by atoms with Crippen LogP contribution in [0.1, 0.15) is 24.3 Å². The summed E-state index contributed by atoms with van der Waals surface area (Å²) in [5, 5.41) is 6.28. The molecule has 2 heterocycles. The van der Waals surface area contributed by atoms with Crippen LogP contribution in [0, 0.1) is 5.82 Å². The van der Waals surface area contributed by atoms with E-state index in [1.165, 1.54) is 12.1 Å². The highest BCUT2D eigenvalue weighted by Crippen LogP contribution is 2.32. The summed E-state index contributed by atoms with van der Waals surface area (Å²) in [4.78, 5) is 0. The number of rotatable bonds is 4. The van der Waals surface area contributed by atoms with E-state index in [9.17, 15) is 4.39 Å². The molecular formula is C15H13BrFNOS. The highest BCUT2D eigenvalue weighted by Gasteiger charge is 2.19. The van der Waals surface area contributed by atoms with E-state index < -0.39 is 0 Å². The van der Waals surface area contributed by atoms with Crippen LogP contribution < -0.4 is 5.32 Å². The average molecular weight is 354 g/mol. The van der Waals surface area contributed by atoms with Gasteiger partial charge in [0.05, 0.1) is 9.83 Å². The second kappa shape index (κ2) is 5.68. The van der Waals surface area contributed by atoms with Crippen molar-refractivity contribution in [3.05, 3.63) is 56.6 Å². The van der Waals surface area contributed by atoms with Gasteiger partial charge in [-0.15, -0.1) is 11.3 Å². The zero-order valence-corrected chi connectivity index (χ0v) is 13.2. The normalized spacial score (nSPS) is 12.9. The molecule has 1 unspecified atom stereocenters. The first-order chi connectivity index (χ1) is 9.67. The van der Waals surface area contributed by atoms with Gasteiger partial charge >= 0.3 is 0 Å². The third-order valence-corrected chi connectivity index (χ3v) is 4.63. The van der Waals surface area contributed by atoms with Gasteiger partial charge in [-0.3, -0.25) is 0 Å². The van der Waals surface area contributed by atoms with Gasteiger partial charge in [-0.1, -0.05) is 6.92 Å². The van der Waals surface area contributed by atoms with E-state index in [4.69, 9.17) is 4.42 Å². The molecule has 2 nitrogen and oxygen atoms in total. The van der Waals surface area contributed by atoms with Gasteiger partial charge in [0.15, 0.2) is 0 Å². The van der Waals surface area contributed by atoms with Gasteiger partial charge in [-0.2, -0.15) is 0 Å². The lowest BCUT2D eigenvalue weighted by Crippen LogP contribution is -2.20. The number of benzene rings is 1. The average Bonchev–Trinajstić information content (AvgIpc) is 3.01. The fourth-order valence-electron chi connectivity index (χ4n) is 2.24. The molecule has 0 aliphatic rings. The van der Waals surface area contributed by atoms with E-state index >= 15 is 0 Å². The third kappa shape index (κ3) is 2.66. The first-order valence-electron chi connectivity index (χ1n) is 6.33. The number of thiophene rings is 1. The molecule has 0 aliphatic carbocycles. The summed E-state index contributed by atoms with van der Waals surface area (Å²) in [5.41, 5.74) is 1.85. The highest BCUT2D eigenvalue weighted by molar-refractivity contribution is 9.11. The van der Waals surface area contributed by atoms with Crippen molar-refractivity contribution in [3.8, 4) is 0 Å². The molecule has 2 aromatic heterocycles. The summed E-state index contributed by atoms with van der Waals surface area (Å²) in [6.45, 7) is 2.88. The minimum Gasteiger partial charge on any atom is -0.459 e. The largest absolute Gasteiger partial charge is 0.459 e. The maximum absolute atomic E-state index is 13.3. The number of hydrogen-bond donors (Lipinski definition) is 1. The Kier molecular flexibility index (Phi) is 3.92. The quantitative estimate of drug-likeness (QED) is 0.706. The Balaban J connectivity index is 2.04. The Morgan fingerprint density at radius 2 is 2.20 bits per heavy atom. The third-order valence-electron chi connectivity index (χ3n) is 3.11. The van der Waals surface area contributed by atoms with Gasteiger partial charge < -0.3 is 9.73 Å². The van der Waals surface area contributed by atoms with Crippen molar-refractivity contribution in [2.45, 2.75) is 13.0 Å². The molecule has 0 amide bonds. The topological polar surface area (TPSA) is 25.2 Å². The number of hydrogen-bond acceptors (Lipinski definition) is 3. The summed E-state index contributed by atoms with van der Waals surface area (Å²) >= 11 is 5.12. The minimum absolute atomic E-state index is 0.0157. The Labute approximate surface area is 128 Å². The van der Waals surface area contributed by atoms with E-state index in [1.54, 1.807) is 17.4 Å². The summed E-state index contributed by atoms with van der Waals surface area (Å²) in [6, 6.07) is 8.54. The predicted molar refractivity (Wildman–Crippen MR) is 83.7 cm³/mol. The Morgan fingerprint density at radius 3 is 2.90 bits per heavy atom. The fourth-order valence-corrected chi connectivity index (χ4v) is 3.44. The van der Waals surface area contributed by atoms with Crippen molar-refractivity contribution in [2.75, 3.05) is 6.54 Å². The van der Waals surface area contributed by atoms with Gasteiger partial charge in [0.1, 0.15) is 17.2 Å². The molecule has 1 atom stereocenters. The van der Waals surface area contributed by atoms with Crippen molar-refractivity contribution < 1.29 is 8.81 Å². The molecule has 1 aromatic carbocycles. The molecule has 0 radical (unpaired) electrons. The Bertz CT molecular complexity index is 736. The molecule has 5 heteroatoms. The van der Waals surface area contributed by atoms with Gasteiger partial charge in [0.25, 0.3) is 0 Å². The van der Waals surface area contributed by atoms with Crippen molar-refractivity contribution in [3.63, 3.8) is 0 Å². The lowest BCUT2D eigenvalue weighted by Gasteiger charge is -2.13. The van der Waals surface area contributed by atoms with Crippen LogP contribution in [-0.2, 0) is 0 Å². The molecular weight excluding hydrogens is 341 g/mol. The van der Waals surface area contributed by atoms with Crippen molar-refractivity contribution in [2.24, 2.45) is 0 Å². The molecule has 0 aliphatic heterocycles. The number of fused-ring (bicyclic) bond motifs is 1. The fraction of sp³-hybridized carbons (Fsp3) is 0.200. The van der Waals surface area contributed by atoms with E-state index in [2.05, 4.69) is 39.6 Å². The van der Waals surface area contributed by atoms with E-state index in [0.29, 0.717) is 5.58 Å². The summed E-state index contributed by atoms with van der Waals surface area (Å²) < 4.78 is 20.2. The van der Waals surface area contributed by atoms with Crippen LogP contribution in [0.25, 0.3) is 11.0 Å². The molecule has 3 aromatic rings. The maximum atomic E-state index is 13.3. The SMILES string of the molecule is CCNC(c1csc(Br)c1)c1cc2cc(F)ccc2o1. The van der Waals surface area contributed by atoms with E-state index in [-0.39, 0.29) is 11.9 Å². The highest BCUT2D eigenvalue weighted by atomic mass is 79.9. The van der Waals surface area contributed by atoms with Gasteiger partial charge in [0, 0.05) is 5.39 Å². The summed E-state index contributed by atoms with van der Waals surface area (Å²) in [7, 11) is 0. The van der Waals surface area contributed by atoms with Crippen molar-refractivity contribution in [1.82, 2.24) is 5.32 Å². The van der Waals surface area contributed by atoms with Crippen LogP contribution in [0.15, 0.2) is 43.9 Å². The Hall–Kier alpha value is -1.17. The molecule has 20 heavy (non-hydrogen) atoms. The lowest BCUT2D eigenvalue weighted by atomic mass is 10.1. The zero-order chi connectivity index (χ0) is 14.1. The maximum Gasteiger partial charge on any atom is 0.134 e. The molecule has 0 saturated heterocycles. The van der Waals surface area contributed by atoms with Crippen LogP contribution in [0.2, 0.25) is 0 Å². The summed E-state index contributed by atoms with van der Waals surface area (Å²) in [5.74, 6) is 0.556. The van der Waals surface area contributed by atoms with E-state index in [0.717, 1.165) is 27.0 Å². The standard InChI is InChI=1S/C15H13BrFNOS/c1-2-18-15(10-7-14(16)20-8-10)13-6-9-5-11(17)3-4-12(9)19-13/h3-8,15,18H,2H2,1H3. The number of halogens is 2. The van der Waals surface area contributed by atoms with Crippen molar-refractivity contribution >= 4 is 38.2 Å². The number of nitrogens with one attached hydrogen (secondary N) is 1. The second-order valence-electron chi connectivity index (χ2n) is 4.51. The van der Waals surface area contributed by atoms with Crippen LogP contribution >= 0.6 is 27.3 Å². The van der Waals surface area contributed by atoms with Gasteiger partial charge in [0.2, 0.25) is 0 Å². The molecule has 0 saturated carbocycles. The van der Waals surface area contributed by atoms with Crippen LogP contribution in [0.3, 0.4) is 0 Å². The van der Waals surface area contributed by atoms with Gasteiger partial charge in [-0.25, -0.2) is 4.39 Å². The predicted octanol–water partition coefficient (Wildman–Crippen LogP) is 5.09. The lowest BCUT2D eigenvalue weighted by molar-refractivity contribution is 0.477. The molecule has 1 N–H and O–H groups in total. The van der Waals surface area contributed by atoms with Crippen LogP contribution in [0.5, 0.6) is 0 Å². The molecule has 3 rings (SSSR count). The van der Waals surface area contributed by atoms with E-state index in [1.807, 2.05) is 6.07 Å². The van der Waals surface area contributed by atoms with Crippen molar-refractivity contribution in [1.29, 1.82) is 0 Å². The Morgan fingerprint density at radius 1 is 1.35 bits per heavy atom. The minimum atomic E-state index is -0.247. The molecule has 0 bridgehead atoms. The smallest absolute Gasteiger partial charge is 0.134 e. The first kappa shape index (κ1) is 13.8. The zero-order valence-electron chi connectivity index (χ0n) is 10.8. The van der Waals surface area contributed by atoms with Gasteiger partial charge in [-0.05, 0) is 63.8 Å². The van der Waals surface area contributed by atoms with Crippen LogP contribution in [0.4, 0.5) is 4.39 Å². The monoisotopic (exact) mass is 353 g/mol.